The zero-order valence-corrected chi connectivity index (χ0v) is 8.96. The maximum Gasteiger partial charge on any atom is 0.102 e. The van der Waals surface area contributed by atoms with Crippen LogP contribution in [0.25, 0.3) is 0 Å². The van der Waals surface area contributed by atoms with Crippen LogP contribution < -0.4 is 0 Å². The van der Waals surface area contributed by atoms with Crippen molar-refractivity contribution in [2.75, 3.05) is 0 Å². The number of allylic oxidation sites excluding steroid dienone is 1. The van der Waals surface area contributed by atoms with Crippen molar-refractivity contribution in [3.8, 4) is 0 Å². The van der Waals surface area contributed by atoms with E-state index in [0.717, 1.165) is 0 Å². The molecule has 0 N–H and O–H groups in total. The Balaban J connectivity index is 1.96. The summed E-state index contributed by atoms with van der Waals surface area (Å²) >= 11 is 0. The molecule has 0 amide bonds. The number of ether oxygens (including phenoxy) is 1. The highest BCUT2D eigenvalue weighted by atomic mass is 16.6. The van der Waals surface area contributed by atoms with Crippen molar-refractivity contribution < 1.29 is 4.74 Å². The zero-order chi connectivity index (χ0) is 9.52. The normalized spacial score (nSPS) is 26.9. The van der Waals surface area contributed by atoms with Crippen molar-refractivity contribution in [2.24, 2.45) is 0 Å². The number of hydrogen-bond acceptors (Lipinski definition) is 1. The molecule has 0 aromatic carbocycles. The first-order chi connectivity index (χ1) is 6.38. The molecule has 0 saturated carbocycles. The van der Waals surface area contributed by atoms with E-state index < -0.39 is 0 Å². The number of hydrogen-bond donors (Lipinski definition) is 0. The smallest absolute Gasteiger partial charge is 0.102 e. The summed E-state index contributed by atoms with van der Waals surface area (Å²) in [7, 11) is 0. The predicted molar refractivity (Wildman–Crippen MR) is 56.9 cm³/mol. The van der Waals surface area contributed by atoms with Gasteiger partial charge in [0, 0.05) is 0 Å². The largest absolute Gasteiger partial charge is 0.365 e. The van der Waals surface area contributed by atoms with E-state index in [4.69, 9.17) is 4.74 Å². The highest BCUT2D eigenvalue weighted by molar-refractivity contribution is 5.02. The second-order valence-electron chi connectivity index (χ2n) is 3.85. The average molecular weight is 182 g/mol. The molecule has 1 rings (SSSR count). The third kappa shape index (κ3) is 4.47. The standard InChI is InChI=1S/C12H22O/c1-3-5-7-8-10-12-11(13-12)9-6-4-2/h8,10-12H,3-7,9H2,1-2H3/b10-8-/t11-,12+/m0/s1. The molecule has 0 bridgehead atoms. The Labute approximate surface area is 82.2 Å². The molecule has 13 heavy (non-hydrogen) atoms. The van der Waals surface area contributed by atoms with Gasteiger partial charge in [-0.3, -0.25) is 0 Å². The van der Waals surface area contributed by atoms with Gasteiger partial charge in [0.15, 0.2) is 0 Å². The Kier molecular flexibility index (Phi) is 5.14. The van der Waals surface area contributed by atoms with Crippen molar-refractivity contribution in [3.63, 3.8) is 0 Å². The fourth-order valence-electron chi connectivity index (χ4n) is 1.52. The minimum absolute atomic E-state index is 0.461. The van der Waals surface area contributed by atoms with Crippen LogP contribution in [0, 0.1) is 0 Å². The summed E-state index contributed by atoms with van der Waals surface area (Å²) in [5.74, 6) is 0. The predicted octanol–water partition coefficient (Wildman–Crippen LogP) is 3.69. The molecule has 1 aliphatic rings. The molecule has 1 heterocycles. The van der Waals surface area contributed by atoms with Gasteiger partial charge in [-0.1, -0.05) is 51.7 Å². The van der Waals surface area contributed by atoms with Gasteiger partial charge in [-0.25, -0.2) is 0 Å². The van der Waals surface area contributed by atoms with E-state index in [1.54, 1.807) is 0 Å². The molecule has 1 aliphatic heterocycles. The lowest BCUT2D eigenvalue weighted by atomic mass is 10.1. The molecule has 0 aliphatic carbocycles. The Morgan fingerprint density at radius 1 is 1.15 bits per heavy atom. The van der Waals surface area contributed by atoms with Gasteiger partial charge >= 0.3 is 0 Å². The summed E-state index contributed by atoms with van der Waals surface area (Å²) in [4.78, 5) is 0. The van der Waals surface area contributed by atoms with E-state index >= 15 is 0 Å². The van der Waals surface area contributed by atoms with Crippen LogP contribution in [0.15, 0.2) is 12.2 Å². The topological polar surface area (TPSA) is 12.5 Å². The first-order valence-corrected chi connectivity index (χ1v) is 5.70. The van der Waals surface area contributed by atoms with Gasteiger partial charge in [-0.15, -0.1) is 0 Å². The van der Waals surface area contributed by atoms with E-state index in [9.17, 15) is 0 Å². The number of rotatable bonds is 7. The van der Waals surface area contributed by atoms with Gasteiger partial charge in [-0.2, -0.15) is 0 Å². The van der Waals surface area contributed by atoms with E-state index in [-0.39, 0.29) is 0 Å². The van der Waals surface area contributed by atoms with Crippen molar-refractivity contribution in [3.05, 3.63) is 12.2 Å². The molecule has 76 valence electrons. The van der Waals surface area contributed by atoms with Gasteiger partial charge in [-0.05, 0) is 12.8 Å². The first-order valence-electron chi connectivity index (χ1n) is 5.70. The van der Waals surface area contributed by atoms with Crippen molar-refractivity contribution in [2.45, 2.75) is 64.6 Å². The molecule has 1 heteroatoms. The quantitative estimate of drug-likeness (QED) is 0.332. The third-order valence-electron chi connectivity index (χ3n) is 2.51. The Bertz CT molecular complexity index is 151. The van der Waals surface area contributed by atoms with Gasteiger partial charge < -0.3 is 4.74 Å². The monoisotopic (exact) mass is 182 g/mol. The Hall–Kier alpha value is -0.300. The summed E-state index contributed by atoms with van der Waals surface area (Å²) in [6.07, 6.45) is 13.2. The summed E-state index contributed by atoms with van der Waals surface area (Å²) in [5, 5.41) is 0. The maximum absolute atomic E-state index is 5.51. The molecule has 0 radical (unpaired) electrons. The van der Waals surface area contributed by atoms with Crippen LogP contribution >= 0.6 is 0 Å². The van der Waals surface area contributed by atoms with Crippen LogP contribution in [0.5, 0.6) is 0 Å². The number of epoxide rings is 1. The molecule has 0 unspecified atom stereocenters. The highest BCUT2D eigenvalue weighted by Crippen LogP contribution is 2.28. The SMILES string of the molecule is CCCC/C=C\[C@H]1O[C@H]1CCCC. The van der Waals surface area contributed by atoms with Crippen LogP contribution in [0.1, 0.15) is 52.4 Å². The molecular weight excluding hydrogens is 160 g/mol. The minimum atomic E-state index is 0.461. The van der Waals surface area contributed by atoms with Crippen LogP contribution in [-0.2, 0) is 4.74 Å². The molecule has 0 aromatic heterocycles. The fraction of sp³-hybridized carbons (Fsp3) is 0.833. The average Bonchev–Trinajstić information content (AvgIpc) is 2.88. The maximum atomic E-state index is 5.51. The summed E-state index contributed by atoms with van der Waals surface area (Å²) in [5.41, 5.74) is 0. The van der Waals surface area contributed by atoms with Gasteiger partial charge in [0.2, 0.25) is 0 Å². The molecular formula is C12H22O. The fourth-order valence-corrected chi connectivity index (χ4v) is 1.52. The summed E-state index contributed by atoms with van der Waals surface area (Å²) in [6, 6.07) is 0. The van der Waals surface area contributed by atoms with Gasteiger partial charge in [0.25, 0.3) is 0 Å². The lowest BCUT2D eigenvalue weighted by Crippen LogP contribution is -1.89. The van der Waals surface area contributed by atoms with Crippen molar-refractivity contribution in [1.29, 1.82) is 0 Å². The molecule has 1 saturated heterocycles. The van der Waals surface area contributed by atoms with Crippen LogP contribution in [0.2, 0.25) is 0 Å². The summed E-state index contributed by atoms with van der Waals surface area (Å²) in [6.45, 7) is 4.46. The lowest BCUT2D eigenvalue weighted by molar-refractivity contribution is 0.375. The minimum Gasteiger partial charge on any atom is -0.365 e. The highest BCUT2D eigenvalue weighted by Gasteiger charge is 2.34. The number of unbranched alkanes of at least 4 members (excludes halogenated alkanes) is 3. The molecule has 1 nitrogen and oxygen atoms in total. The summed E-state index contributed by atoms with van der Waals surface area (Å²) < 4.78 is 5.51. The van der Waals surface area contributed by atoms with Crippen LogP contribution in [0.3, 0.4) is 0 Å². The molecule has 1 fully saturated rings. The lowest BCUT2D eigenvalue weighted by Gasteiger charge is -1.89. The van der Waals surface area contributed by atoms with Crippen molar-refractivity contribution in [1.82, 2.24) is 0 Å². The Morgan fingerprint density at radius 3 is 2.62 bits per heavy atom. The van der Waals surface area contributed by atoms with Gasteiger partial charge in [0.05, 0.1) is 6.10 Å². The van der Waals surface area contributed by atoms with Crippen LogP contribution in [-0.4, -0.2) is 12.2 Å². The van der Waals surface area contributed by atoms with E-state index in [2.05, 4.69) is 26.0 Å². The first kappa shape index (κ1) is 10.8. The van der Waals surface area contributed by atoms with Crippen LogP contribution in [0.4, 0.5) is 0 Å². The second-order valence-corrected chi connectivity index (χ2v) is 3.85. The van der Waals surface area contributed by atoms with E-state index in [1.807, 2.05) is 0 Å². The molecule has 0 spiro atoms. The zero-order valence-electron chi connectivity index (χ0n) is 8.96. The van der Waals surface area contributed by atoms with E-state index in [1.165, 1.54) is 38.5 Å². The Morgan fingerprint density at radius 2 is 1.92 bits per heavy atom. The van der Waals surface area contributed by atoms with Gasteiger partial charge in [0.1, 0.15) is 6.10 Å². The second kappa shape index (κ2) is 6.20. The van der Waals surface area contributed by atoms with Crippen molar-refractivity contribution >= 4 is 0 Å². The molecule has 0 aromatic rings. The third-order valence-corrected chi connectivity index (χ3v) is 2.51. The molecule has 2 atom stereocenters. The van der Waals surface area contributed by atoms with E-state index in [0.29, 0.717) is 12.2 Å².